The minimum absolute atomic E-state index is 0.114. The monoisotopic (exact) mass is 354 g/mol. The molecular weight excluding hydrogens is 340 g/mol. The molecule has 1 amide bonds. The molecule has 1 aromatic heterocycles. The molecule has 9 heteroatoms. The van der Waals surface area contributed by atoms with Crippen LogP contribution in [0.4, 0.5) is 0 Å². The first-order valence-corrected chi connectivity index (χ1v) is 8.16. The average molecular weight is 355 g/mol. The number of carbonyl (C=O) groups is 2. The van der Waals surface area contributed by atoms with Gasteiger partial charge in [0.05, 0.1) is 17.8 Å². The van der Waals surface area contributed by atoms with E-state index >= 15 is 0 Å². The van der Waals surface area contributed by atoms with Crippen molar-refractivity contribution in [1.82, 2.24) is 20.3 Å². The molecule has 1 heterocycles. The molecule has 0 saturated heterocycles. The molecule has 122 valence electrons. The third-order valence-electron chi connectivity index (χ3n) is 2.77. The highest BCUT2D eigenvalue weighted by Gasteiger charge is 2.07. The van der Waals surface area contributed by atoms with Crippen LogP contribution in [0, 0.1) is 0 Å². The second-order valence-corrected chi connectivity index (χ2v) is 6.15. The van der Waals surface area contributed by atoms with Gasteiger partial charge < -0.3 is 10.4 Å². The maximum absolute atomic E-state index is 11.8. The van der Waals surface area contributed by atoms with Crippen LogP contribution in [0.15, 0.2) is 35.4 Å². The van der Waals surface area contributed by atoms with Gasteiger partial charge in [0.25, 0.3) is 0 Å². The van der Waals surface area contributed by atoms with Crippen LogP contribution in [0.3, 0.4) is 0 Å². The summed E-state index contributed by atoms with van der Waals surface area (Å²) < 4.78 is 1.21. The average Bonchev–Trinajstić information content (AvgIpc) is 2.94. The summed E-state index contributed by atoms with van der Waals surface area (Å²) in [6.45, 7) is -0.0371. The lowest BCUT2D eigenvalue weighted by Gasteiger charge is -2.04. The number of nitrogens with zero attached hydrogens (tertiary/aromatic N) is 3. The highest BCUT2D eigenvalue weighted by atomic mass is 35.5. The van der Waals surface area contributed by atoms with Crippen molar-refractivity contribution in [2.45, 2.75) is 24.4 Å². The number of amides is 1. The van der Waals surface area contributed by atoms with Crippen LogP contribution >= 0.6 is 23.4 Å². The van der Waals surface area contributed by atoms with Gasteiger partial charge in [-0.3, -0.25) is 9.59 Å². The molecule has 23 heavy (non-hydrogen) atoms. The van der Waals surface area contributed by atoms with Crippen LogP contribution in [-0.4, -0.2) is 37.7 Å². The molecule has 1 aromatic carbocycles. The third kappa shape index (κ3) is 5.91. The van der Waals surface area contributed by atoms with E-state index < -0.39 is 5.97 Å². The molecule has 7 nitrogen and oxygen atoms in total. The molecule has 2 aromatic rings. The van der Waals surface area contributed by atoms with Crippen molar-refractivity contribution in [3.63, 3.8) is 0 Å². The van der Waals surface area contributed by atoms with Crippen molar-refractivity contribution >= 4 is 35.2 Å². The number of nitrogens with one attached hydrogen (secondary N) is 1. The number of hydrogen-bond acceptors (Lipinski definition) is 5. The fraction of sp³-hybridized carbons (Fsp3) is 0.286. The Balaban J connectivity index is 1.70. The number of aliphatic carboxylic acids is 1. The summed E-state index contributed by atoms with van der Waals surface area (Å²) in [5.74, 6) is -0.499. The molecular formula is C14H15ClN4O3S. The summed E-state index contributed by atoms with van der Waals surface area (Å²) in [5, 5.41) is 19.5. The Labute approximate surface area is 142 Å². The second kappa shape index (κ2) is 8.54. The Kier molecular flexibility index (Phi) is 6.42. The normalized spacial score (nSPS) is 10.5. The quantitative estimate of drug-likeness (QED) is 0.702. The van der Waals surface area contributed by atoms with Gasteiger partial charge in [-0.1, -0.05) is 28.9 Å². The predicted molar refractivity (Wildman–Crippen MR) is 86.3 cm³/mol. The molecule has 0 radical (unpaired) electrons. The van der Waals surface area contributed by atoms with Crippen LogP contribution in [0.2, 0.25) is 5.02 Å². The molecule has 0 spiro atoms. The fourth-order valence-corrected chi connectivity index (χ4v) is 2.92. The number of carbonyl (C=O) groups excluding carboxylic acids is 1. The maximum Gasteiger partial charge on any atom is 0.325 e. The van der Waals surface area contributed by atoms with Gasteiger partial charge >= 0.3 is 5.97 Å². The predicted octanol–water partition coefficient (Wildman–Crippen LogP) is 1.81. The molecule has 0 aliphatic carbocycles. The van der Waals surface area contributed by atoms with Crippen molar-refractivity contribution in [2.24, 2.45) is 0 Å². The first kappa shape index (κ1) is 17.3. The Hall–Kier alpha value is -2.06. The summed E-state index contributed by atoms with van der Waals surface area (Å²) in [7, 11) is 0. The van der Waals surface area contributed by atoms with Gasteiger partial charge in [-0.25, -0.2) is 4.68 Å². The van der Waals surface area contributed by atoms with Gasteiger partial charge in [0, 0.05) is 17.1 Å². The zero-order chi connectivity index (χ0) is 16.7. The van der Waals surface area contributed by atoms with Crippen molar-refractivity contribution in [3.05, 3.63) is 41.2 Å². The van der Waals surface area contributed by atoms with E-state index in [1.54, 1.807) is 0 Å². The minimum Gasteiger partial charge on any atom is -0.480 e. The van der Waals surface area contributed by atoms with Crippen molar-refractivity contribution in [1.29, 1.82) is 0 Å². The van der Waals surface area contributed by atoms with Crippen LogP contribution in [0.5, 0.6) is 0 Å². The van der Waals surface area contributed by atoms with E-state index in [1.807, 2.05) is 24.3 Å². The first-order chi connectivity index (χ1) is 11.0. The number of aromatic nitrogens is 3. The zero-order valence-corrected chi connectivity index (χ0v) is 13.7. The largest absolute Gasteiger partial charge is 0.480 e. The van der Waals surface area contributed by atoms with E-state index in [-0.39, 0.29) is 19.0 Å². The highest BCUT2D eigenvalue weighted by molar-refractivity contribution is 7.99. The number of thioether (sulfide) groups is 1. The van der Waals surface area contributed by atoms with E-state index in [0.29, 0.717) is 22.9 Å². The molecule has 0 saturated carbocycles. The van der Waals surface area contributed by atoms with Gasteiger partial charge in [0.2, 0.25) is 5.91 Å². The summed E-state index contributed by atoms with van der Waals surface area (Å²) in [5.41, 5.74) is 0.512. The van der Waals surface area contributed by atoms with E-state index in [9.17, 15) is 9.59 Å². The van der Waals surface area contributed by atoms with Gasteiger partial charge in [-0.15, -0.1) is 16.9 Å². The zero-order valence-electron chi connectivity index (χ0n) is 12.1. The molecule has 0 unspecified atom stereocenters. The van der Waals surface area contributed by atoms with Gasteiger partial charge in [-0.2, -0.15) is 0 Å². The van der Waals surface area contributed by atoms with Gasteiger partial charge in [0.15, 0.2) is 0 Å². The highest BCUT2D eigenvalue weighted by Crippen LogP contribution is 2.26. The van der Waals surface area contributed by atoms with Crippen LogP contribution in [0.1, 0.15) is 12.1 Å². The summed E-state index contributed by atoms with van der Waals surface area (Å²) in [6.07, 6.45) is 1.84. The topological polar surface area (TPSA) is 97.1 Å². The number of carboxylic acids is 1. The minimum atomic E-state index is -0.998. The summed E-state index contributed by atoms with van der Waals surface area (Å²) >= 11 is 7.56. The van der Waals surface area contributed by atoms with Crippen molar-refractivity contribution < 1.29 is 14.7 Å². The number of hydrogen-bond donors (Lipinski definition) is 2. The molecule has 2 rings (SSSR count). The SMILES string of the molecule is O=C(O)Cn1cc(CNC(=O)CCSc2ccccc2Cl)nn1. The Morgan fingerprint density at radius 2 is 2.13 bits per heavy atom. The van der Waals surface area contributed by atoms with Crippen LogP contribution < -0.4 is 5.32 Å². The second-order valence-electron chi connectivity index (χ2n) is 4.61. The summed E-state index contributed by atoms with van der Waals surface area (Å²) in [4.78, 5) is 23.2. The standard InChI is InChI=1S/C14H15ClN4O3S/c15-11-3-1-2-4-12(11)23-6-5-13(20)16-7-10-8-19(18-17-10)9-14(21)22/h1-4,8H,5-7,9H2,(H,16,20)(H,21,22). The van der Waals surface area contributed by atoms with Crippen LogP contribution in [-0.2, 0) is 22.7 Å². The number of carboxylic acid groups (broad SMARTS) is 1. The molecule has 0 aliphatic rings. The third-order valence-corrected chi connectivity index (χ3v) is 4.29. The molecule has 2 N–H and O–H groups in total. The first-order valence-electron chi connectivity index (χ1n) is 6.79. The fourth-order valence-electron chi connectivity index (χ4n) is 1.73. The smallest absolute Gasteiger partial charge is 0.325 e. The number of rotatable bonds is 8. The number of benzene rings is 1. The Morgan fingerprint density at radius 1 is 1.35 bits per heavy atom. The van der Waals surface area contributed by atoms with Gasteiger partial charge in [-0.05, 0) is 12.1 Å². The lowest BCUT2D eigenvalue weighted by atomic mass is 10.4. The van der Waals surface area contributed by atoms with Crippen molar-refractivity contribution in [3.8, 4) is 0 Å². The maximum atomic E-state index is 11.8. The number of halogens is 1. The molecule has 0 bridgehead atoms. The Morgan fingerprint density at radius 3 is 2.87 bits per heavy atom. The van der Waals surface area contributed by atoms with Crippen LogP contribution in [0.25, 0.3) is 0 Å². The van der Waals surface area contributed by atoms with E-state index in [0.717, 1.165) is 4.90 Å². The van der Waals surface area contributed by atoms with E-state index in [4.69, 9.17) is 16.7 Å². The molecule has 0 fully saturated rings. The van der Waals surface area contributed by atoms with E-state index in [1.165, 1.54) is 22.6 Å². The lowest BCUT2D eigenvalue weighted by Crippen LogP contribution is -2.23. The molecule has 0 aliphatic heterocycles. The Bertz CT molecular complexity index is 692. The van der Waals surface area contributed by atoms with E-state index in [2.05, 4.69) is 15.6 Å². The molecule has 0 atom stereocenters. The van der Waals surface area contributed by atoms with Crippen molar-refractivity contribution in [2.75, 3.05) is 5.75 Å². The lowest BCUT2D eigenvalue weighted by molar-refractivity contribution is -0.138. The summed E-state index contributed by atoms with van der Waals surface area (Å²) in [6, 6.07) is 7.47. The van der Waals surface area contributed by atoms with Gasteiger partial charge in [0.1, 0.15) is 12.2 Å².